The number of hydrogen-bond donors (Lipinski definition) is 1. The van der Waals surface area contributed by atoms with Crippen LogP contribution in [0.2, 0.25) is 0 Å². The number of hydrogen-bond acceptors (Lipinski definition) is 4. The predicted molar refractivity (Wildman–Crippen MR) is 99.6 cm³/mol. The van der Waals surface area contributed by atoms with Gasteiger partial charge in [0.1, 0.15) is 6.61 Å². The molecule has 0 bridgehead atoms. The van der Waals surface area contributed by atoms with Gasteiger partial charge in [0.2, 0.25) is 0 Å². The molecule has 1 aliphatic heterocycles. The molecule has 0 spiro atoms. The molecule has 2 aromatic carbocycles. The number of nitrogens with one attached hydrogen (secondary N) is 1. The third kappa shape index (κ3) is 4.79. The second-order valence-electron chi connectivity index (χ2n) is 7.16. The molecule has 9 heteroatoms. The Labute approximate surface area is 170 Å². The van der Waals surface area contributed by atoms with Crippen LogP contribution in [0.4, 0.5) is 23.2 Å². The molecule has 1 unspecified atom stereocenters. The number of amides is 1. The van der Waals surface area contributed by atoms with Crippen LogP contribution >= 0.6 is 0 Å². The molecule has 1 atom stereocenters. The van der Waals surface area contributed by atoms with Gasteiger partial charge in [-0.15, -0.1) is 0 Å². The molecule has 0 saturated carbocycles. The summed E-state index contributed by atoms with van der Waals surface area (Å²) in [7, 11) is 0. The van der Waals surface area contributed by atoms with E-state index < -0.39 is 36.4 Å². The maximum absolute atomic E-state index is 12.9. The highest BCUT2D eigenvalue weighted by molar-refractivity contribution is 6.02. The minimum atomic E-state index is -4.23. The van der Waals surface area contributed by atoms with E-state index in [0.29, 0.717) is 22.4 Å². The average molecular weight is 425 g/mol. The molecule has 2 aromatic rings. The lowest BCUT2D eigenvalue weighted by molar-refractivity contribution is -0.168. The number of halogens is 4. The van der Waals surface area contributed by atoms with Crippen molar-refractivity contribution in [1.82, 2.24) is 0 Å². The highest BCUT2D eigenvalue weighted by atomic mass is 19.3. The van der Waals surface area contributed by atoms with Gasteiger partial charge in [-0.1, -0.05) is 30.3 Å². The van der Waals surface area contributed by atoms with Crippen molar-refractivity contribution in [1.29, 1.82) is 0 Å². The molecule has 5 nitrogen and oxygen atoms in total. The topological polar surface area (TPSA) is 64.6 Å². The van der Waals surface area contributed by atoms with Crippen LogP contribution in [0.5, 0.6) is 0 Å². The molecular formula is C21H19F4NO4. The number of alkyl halides is 4. The van der Waals surface area contributed by atoms with Crippen LogP contribution in [0.25, 0.3) is 0 Å². The van der Waals surface area contributed by atoms with E-state index in [1.54, 1.807) is 36.4 Å². The highest BCUT2D eigenvalue weighted by Gasteiger charge is 2.43. The normalized spacial score (nSPS) is 18.7. The standard InChI is InChI=1S/C21H19F4NO4/c1-20(10-14-6-2-3-8-16(14)17(27)30-20)19(28)26-15-7-4-5-13(9-15)11-29-12-21(24,25)18(22)23/h2-9,18H,10-12H2,1H3,(H,26,28). The Balaban J connectivity index is 1.65. The van der Waals surface area contributed by atoms with Crippen molar-refractivity contribution in [2.24, 2.45) is 0 Å². The lowest BCUT2D eigenvalue weighted by Crippen LogP contribution is -2.48. The monoisotopic (exact) mass is 425 g/mol. The number of benzene rings is 2. The molecule has 160 valence electrons. The molecule has 0 saturated heterocycles. The van der Waals surface area contributed by atoms with Crippen LogP contribution in [-0.4, -0.2) is 36.4 Å². The second kappa shape index (κ2) is 8.43. The van der Waals surface area contributed by atoms with Gasteiger partial charge >= 0.3 is 18.3 Å². The lowest BCUT2D eigenvalue weighted by atomic mass is 9.89. The number of esters is 1. The predicted octanol–water partition coefficient (Wildman–Crippen LogP) is 4.21. The van der Waals surface area contributed by atoms with E-state index in [2.05, 4.69) is 10.1 Å². The average Bonchev–Trinajstić information content (AvgIpc) is 2.68. The molecule has 0 radical (unpaired) electrons. The van der Waals surface area contributed by atoms with Gasteiger partial charge in [-0.3, -0.25) is 4.79 Å². The van der Waals surface area contributed by atoms with Crippen molar-refractivity contribution >= 4 is 17.6 Å². The smallest absolute Gasteiger partial charge is 0.339 e. The lowest BCUT2D eigenvalue weighted by Gasteiger charge is -2.33. The summed E-state index contributed by atoms with van der Waals surface area (Å²) >= 11 is 0. The fourth-order valence-electron chi connectivity index (χ4n) is 3.03. The fraction of sp³-hybridized carbons (Fsp3) is 0.333. The van der Waals surface area contributed by atoms with E-state index in [-0.39, 0.29) is 13.0 Å². The summed E-state index contributed by atoms with van der Waals surface area (Å²) in [5.41, 5.74) is 0.375. The zero-order valence-corrected chi connectivity index (χ0v) is 16.0. The first-order chi connectivity index (χ1) is 14.1. The first-order valence-corrected chi connectivity index (χ1v) is 9.06. The van der Waals surface area contributed by atoms with Crippen LogP contribution in [0.15, 0.2) is 48.5 Å². The third-order valence-corrected chi connectivity index (χ3v) is 4.63. The van der Waals surface area contributed by atoms with Crippen molar-refractivity contribution < 1.29 is 36.6 Å². The van der Waals surface area contributed by atoms with E-state index in [0.717, 1.165) is 0 Å². The summed E-state index contributed by atoms with van der Waals surface area (Å²) in [5, 5.41) is 2.63. The van der Waals surface area contributed by atoms with E-state index >= 15 is 0 Å². The van der Waals surface area contributed by atoms with Crippen molar-refractivity contribution in [2.75, 3.05) is 11.9 Å². The molecule has 1 N–H and O–H groups in total. The van der Waals surface area contributed by atoms with Gasteiger partial charge in [-0.2, -0.15) is 8.78 Å². The van der Waals surface area contributed by atoms with Crippen LogP contribution in [0.1, 0.15) is 28.4 Å². The van der Waals surface area contributed by atoms with E-state index in [1.807, 2.05) is 0 Å². The van der Waals surface area contributed by atoms with E-state index in [4.69, 9.17) is 4.74 Å². The van der Waals surface area contributed by atoms with Gasteiger partial charge in [0.05, 0.1) is 12.2 Å². The maximum atomic E-state index is 12.9. The summed E-state index contributed by atoms with van der Waals surface area (Å²) < 4.78 is 60.2. The number of carbonyl (C=O) groups is 2. The number of fused-ring (bicyclic) bond motifs is 1. The minimum Gasteiger partial charge on any atom is -0.445 e. The quantitative estimate of drug-likeness (QED) is 0.533. The number of ether oxygens (including phenoxy) is 2. The Morgan fingerprint density at radius 1 is 1.23 bits per heavy atom. The van der Waals surface area contributed by atoms with Crippen molar-refractivity contribution in [3.63, 3.8) is 0 Å². The van der Waals surface area contributed by atoms with Crippen LogP contribution in [-0.2, 0) is 27.3 Å². The Kier molecular flexibility index (Phi) is 6.12. The molecule has 1 heterocycles. The number of carbonyl (C=O) groups excluding carboxylic acids is 2. The molecule has 0 aromatic heterocycles. The van der Waals surface area contributed by atoms with Gasteiger partial charge in [-0.05, 0) is 36.2 Å². The summed E-state index contributed by atoms with van der Waals surface area (Å²) in [6, 6.07) is 12.9. The second-order valence-corrected chi connectivity index (χ2v) is 7.16. The SMILES string of the molecule is CC1(C(=O)Nc2cccc(COCC(F)(F)C(F)F)c2)Cc2ccccc2C(=O)O1. The van der Waals surface area contributed by atoms with Crippen LogP contribution in [0.3, 0.4) is 0 Å². The molecule has 1 aliphatic rings. The zero-order valence-electron chi connectivity index (χ0n) is 16.0. The summed E-state index contributed by atoms with van der Waals surface area (Å²) in [6.45, 7) is -0.268. The molecule has 3 rings (SSSR count). The Morgan fingerprint density at radius 2 is 1.97 bits per heavy atom. The molecule has 0 fully saturated rings. The van der Waals surface area contributed by atoms with Crippen molar-refractivity contribution in [3.05, 3.63) is 65.2 Å². The summed E-state index contributed by atoms with van der Waals surface area (Å²) in [6.07, 6.45) is -3.63. The first-order valence-electron chi connectivity index (χ1n) is 9.06. The largest absolute Gasteiger partial charge is 0.445 e. The molecule has 30 heavy (non-hydrogen) atoms. The Hall–Kier alpha value is -2.94. The minimum absolute atomic E-state index is 0.187. The third-order valence-electron chi connectivity index (χ3n) is 4.63. The number of rotatable bonds is 7. The molecule has 1 amide bonds. The summed E-state index contributed by atoms with van der Waals surface area (Å²) in [4.78, 5) is 25.0. The number of cyclic esters (lactones) is 1. The van der Waals surface area contributed by atoms with Gasteiger partial charge in [0, 0.05) is 12.1 Å². The van der Waals surface area contributed by atoms with Gasteiger partial charge in [0.25, 0.3) is 5.91 Å². The van der Waals surface area contributed by atoms with Gasteiger partial charge < -0.3 is 14.8 Å². The van der Waals surface area contributed by atoms with Gasteiger partial charge in [0.15, 0.2) is 5.60 Å². The summed E-state index contributed by atoms with van der Waals surface area (Å²) in [5.74, 6) is -5.40. The fourth-order valence-corrected chi connectivity index (χ4v) is 3.03. The van der Waals surface area contributed by atoms with E-state index in [1.165, 1.54) is 19.1 Å². The first kappa shape index (κ1) is 21.8. The Bertz CT molecular complexity index is 950. The van der Waals surface area contributed by atoms with E-state index in [9.17, 15) is 27.2 Å². The Morgan fingerprint density at radius 3 is 2.70 bits per heavy atom. The van der Waals surface area contributed by atoms with Crippen LogP contribution in [0, 0.1) is 0 Å². The molecular weight excluding hydrogens is 406 g/mol. The van der Waals surface area contributed by atoms with Gasteiger partial charge in [-0.25, -0.2) is 13.6 Å². The zero-order chi connectivity index (χ0) is 21.9. The van der Waals surface area contributed by atoms with Crippen molar-refractivity contribution in [2.45, 2.75) is 37.9 Å². The highest BCUT2D eigenvalue weighted by Crippen LogP contribution is 2.29. The maximum Gasteiger partial charge on any atom is 0.339 e. The van der Waals surface area contributed by atoms with Crippen LogP contribution < -0.4 is 5.32 Å². The number of anilines is 1. The molecule has 0 aliphatic carbocycles. The van der Waals surface area contributed by atoms with Crippen molar-refractivity contribution in [3.8, 4) is 0 Å².